The summed E-state index contributed by atoms with van der Waals surface area (Å²) >= 11 is 0. The van der Waals surface area contributed by atoms with Crippen LogP contribution in [0.2, 0.25) is 0 Å². The monoisotopic (exact) mass is 382 g/mol. The molecule has 1 saturated heterocycles. The summed E-state index contributed by atoms with van der Waals surface area (Å²) in [6.07, 6.45) is 0.287. The number of hydrogen-bond donors (Lipinski definition) is 1. The maximum absolute atomic E-state index is 12.7. The lowest BCUT2D eigenvalue weighted by molar-refractivity contribution is -0.117. The fraction of sp³-hybridized carbons (Fsp3) is 0.364. The summed E-state index contributed by atoms with van der Waals surface area (Å²) in [5.74, 6) is 0.937. The molecule has 6 heteroatoms. The van der Waals surface area contributed by atoms with Crippen molar-refractivity contribution in [2.45, 2.75) is 33.2 Å². The normalized spacial score (nSPS) is 16.2. The summed E-state index contributed by atoms with van der Waals surface area (Å²) in [6, 6.07) is 12.7. The molecule has 2 aromatic rings. The molecule has 0 bridgehead atoms. The first-order valence-corrected chi connectivity index (χ1v) is 9.59. The van der Waals surface area contributed by atoms with Crippen LogP contribution in [-0.2, 0) is 4.79 Å². The zero-order valence-electron chi connectivity index (χ0n) is 16.5. The van der Waals surface area contributed by atoms with Crippen molar-refractivity contribution in [2.75, 3.05) is 24.7 Å². The van der Waals surface area contributed by atoms with E-state index in [9.17, 15) is 9.59 Å². The standard InChI is InChI=1S/C22H26N2O4/c1-4-27-19-11-8-16(12-20(19)28-5-2)22(26)23-17-13-21(25)24(14-17)18-9-6-15(3)7-10-18/h6-12,17H,4-5,13-14H2,1-3H3,(H,23,26)/t17-/m0/s1. The lowest BCUT2D eigenvalue weighted by Gasteiger charge is -2.18. The average molecular weight is 382 g/mol. The van der Waals surface area contributed by atoms with Gasteiger partial charge in [-0.2, -0.15) is 0 Å². The minimum Gasteiger partial charge on any atom is -0.490 e. The highest BCUT2D eigenvalue weighted by molar-refractivity contribution is 5.99. The maximum Gasteiger partial charge on any atom is 0.251 e. The van der Waals surface area contributed by atoms with Gasteiger partial charge in [-0.05, 0) is 51.1 Å². The number of amides is 2. The Kier molecular flexibility index (Phi) is 6.19. The smallest absolute Gasteiger partial charge is 0.251 e. The molecule has 6 nitrogen and oxygen atoms in total. The molecule has 28 heavy (non-hydrogen) atoms. The van der Waals surface area contributed by atoms with Crippen LogP contribution < -0.4 is 19.7 Å². The van der Waals surface area contributed by atoms with Crippen molar-refractivity contribution in [1.29, 1.82) is 0 Å². The summed E-state index contributed by atoms with van der Waals surface area (Å²) in [5, 5.41) is 2.96. The highest BCUT2D eigenvalue weighted by atomic mass is 16.5. The van der Waals surface area contributed by atoms with Crippen LogP contribution in [0.15, 0.2) is 42.5 Å². The van der Waals surface area contributed by atoms with E-state index in [1.54, 1.807) is 23.1 Å². The van der Waals surface area contributed by atoms with Crippen LogP contribution in [0, 0.1) is 6.92 Å². The molecule has 0 spiro atoms. The molecule has 1 atom stereocenters. The van der Waals surface area contributed by atoms with Gasteiger partial charge in [0, 0.05) is 24.2 Å². The number of hydrogen-bond acceptors (Lipinski definition) is 4. The SMILES string of the molecule is CCOc1ccc(C(=O)N[C@H]2CC(=O)N(c3ccc(C)cc3)C2)cc1OCC. The Bertz CT molecular complexity index is 848. The molecule has 0 radical (unpaired) electrons. The molecule has 2 aromatic carbocycles. The molecular formula is C22H26N2O4. The van der Waals surface area contributed by atoms with Gasteiger partial charge in [-0.25, -0.2) is 0 Å². The predicted molar refractivity (Wildman–Crippen MR) is 108 cm³/mol. The van der Waals surface area contributed by atoms with Crippen molar-refractivity contribution >= 4 is 17.5 Å². The number of carbonyl (C=O) groups excluding carboxylic acids is 2. The summed E-state index contributed by atoms with van der Waals surface area (Å²) < 4.78 is 11.1. The Morgan fingerprint density at radius 1 is 1.07 bits per heavy atom. The molecule has 2 amide bonds. The maximum atomic E-state index is 12.7. The highest BCUT2D eigenvalue weighted by Crippen LogP contribution is 2.29. The molecular weight excluding hydrogens is 356 g/mol. The first-order valence-electron chi connectivity index (χ1n) is 9.59. The average Bonchev–Trinajstić information content (AvgIpc) is 3.04. The number of nitrogens with one attached hydrogen (secondary N) is 1. The number of ether oxygens (including phenoxy) is 2. The van der Waals surface area contributed by atoms with Gasteiger partial charge in [-0.3, -0.25) is 9.59 Å². The topological polar surface area (TPSA) is 67.9 Å². The van der Waals surface area contributed by atoms with E-state index in [1.165, 1.54) is 0 Å². The molecule has 148 valence electrons. The van der Waals surface area contributed by atoms with Crippen molar-refractivity contribution in [1.82, 2.24) is 5.32 Å². The van der Waals surface area contributed by atoms with Gasteiger partial charge in [0.2, 0.25) is 5.91 Å². The fourth-order valence-electron chi connectivity index (χ4n) is 3.24. The molecule has 0 aliphatic carbocycles. The van der Waals surface area contributed by atoms with Gasteiger partial charge in [-0.15, -0.1) is 0 Å². The number of nitrogens with zero attached hydrogens (tertiary/aromatic N) is 1. The summed E-state index contributed by atoms with van der Waals surface area (Å²) in [5.41, 5.74) is 2.47. The number of anilines is 1. The van der Waals surface area contributed by atoms with Gasteiger partial charge in [0.05, 0.1) is 19.3 Å². The van der Waals surface area contributed by atoms with Crippen molar-refractivity contribution in [3.05, 3.63) is 53.6 Å². The Labute approximate surface area is 165 Å². The number of carbonyl (C=O) groups is 2. The van der Waals surface area contributed by atoms with Gasteiger partial charge in [0.25, 0.3) is 5.91 Å². The molecule has 1 heterocycles. The van der Waals surface area contributed by atoms with E-state index < -0.39 is 0 Å². The largest absolute Gasteiger partial charge is 0.490 e. The molecule has 1 aliphatic heterocycles. The van der Waals surface area contributed by atoms with Crippen LogP contribution in [0.5, 0.6) is 11.5 Å². The second-order valence-corrected chi connectivity index (χ2v) is 6.74. The van der Waals surface area contributed by atoms with E-state index in [0.717, 1.165) is 11.3 Å². The third kappa shape index (κ3) is 4.44. The first kappa shape index (κ1) is 19.7. The molecule has 0 saturated carbocycles. The number of rotatable bonds is 7. The zero-order chi connectivity index (χ0) is 20.1. The summed E-state index contributed by atoms with van der Waals surface area (Å²) in [7, 11) is 0. The van der Waals surface area contributed by atoms with Crippen LogP contribution in [-0.4, -0.2) is 37.6 Å². The molecule has 3 rings (SSSR count). The van der Waals surface area contributed by atoms with Gasteiger partial charge in [-0.1, -0.05) is 17.7 Å². The van der Waals surface area contributed by atoms with Crippen LogP contribution in [0.25, 0.3) is 0 Å². The van der Waals surface area contributed by atoms with Gasteiger partial charge >= 0.3 is 0 Å². The minimum absolute atomic E-state index is 0.0100. The van der Waals surface area contributed by atoms with Crippen molar-refractivity contribution in [2.24, 2.45) is 0 Å². The Hall–Kier alpha value is -3.02. The summed E-state index contributed by atoms with van der Waals surface area (Å²) in [6.45, 7) is 7.24. The second kappa shape index (κ2) is 8.78. The van der Waals surface area contributed by atoms with Gasteiger partial charge < -0.3 is 19.7 Å². The second-order valence-electron chi connectivity index (χ2n) is 6.74. The zero-order valence-corrected chi connectivity index (χ0v) is 16.5. The van der Waals surface area contributed by atoms with Gasteiger partial charge in [0.15, 0.2) is 11.5 Å². The molecule has 0 unspecified atom stereocenters. The number of benzene rings is 2. The van der Waals surface area contributed by atoms with Crippen molar-refractivity contribution in [3.63, 3.8) is 0 Å². The van der Waals surface area contributed by atoms with E-state index in [-0.39, 0.29) is 24.3 Å². The van der Waals surface area contributed by atoms with Crippen LogP contribution in [0.1, 0.15) is 36.2 Å². The Balaban J connectivity index is 1.68. The Morgan fingerprint density at radius 2 is 1.75 bits per heavy atom. The Morgan fingerprint density at radius 3 is 2.43 bits per heavy atom. The quantitative estimate of drug-likeness (QED) is 0.798. The molecule has 1 N–H and O–H groups in total. The van der Waals surface area contributed by atoms with E-state index in [2.05, 4.69) is 5.32 Å². The third-order valence-corrected chi connectivity index (χ3v) is 4.61. The van der Waals surface area contributed by atoms with Gasteiger partial charge in [0.1, 0.15) is 0 Å². The van der Waals surface area contributed by atoms with Crippen LogP contribution >= 0.6 is 0 Å². The van der Waals surface area contributed by atoms with Crippen molar-refractivity contribution < 1.29 is 19.1 Å². The van der Waals surface area contributed by atoms with E-state index in [0.29, 0.717) is 36.8 Å². The predicted octanol–water partition coefficient (Wildman–Crippen LogP) is 3.33. The summed E-state index contributed by atoms with van der Waals surface area (Å²) in [4.78, 5) is 26.8. The first-order chi connectivity index (χ1) is 13.5. The van der Waals surface area contributed by atoms with Crippen LogP contribution in [0.3, 0.4) is 0 Å². The fourth-order valence-corrected chi connectivity index (χ4v) is 3.24. The number of aryl methyl sites for hydroxylation is 1. The van der Waals surface area contributed by atoms with E-state index in [4.69, 9.17) is 9.47 Å². The van der Waals surface area contributed by atoms with Crippen LogP contribution in [0.4, 0.5) is 5.69 Å². The lowest BCUT2D eigenvalue weighted by atomic mass is 10.1. The molecule has 1 aliphatic rings. The molecule has 1 fully saturated rings. The van der Waals surface area contributed by atoms with E-state index >= 15 is 0 Å². The minimum atomic E-state index is -0.233. The third-order valence-electron chi connectivity index (χ3n) is 4.61. The van der Waals surface area contributed by atoms with Crippen molar-refractivity contribution in [3.8, 4) is 11.5 Å². The highest BCUT2D eigenvalue weighted by Gasteiger charge is 2.31. The molecule has 0 aromatic heterocycles. The lowest BCUT2D eigenvalue weighted by Crippen LogP contribution is -2.37. The van der Waals surface area contributed by atoms with E-state index in [1.807, 2.05) is 45.0 Å².